The van der Waals surface area contributed by atoms with E-state index in [4.69, 9.17) is 11.6 Å². The van der Waals surface area contributed by atoms with Crippen molar-refractivity contribution in [2.24, 2.45) is 0 Å². The Morgan fingerprint density at radius 1 is 1.23 bits per heavy atom. The first kappa shape index (κ1) is 19.5. The van der Waals surface area contributed by atoms with Crippen LogP contribution in [0.5, 0.6) is 0 Å². The molecule has 0 radical (unpaired) electrons. The Hall–Kier alpha value is -0.580. The van der Waals surface area contributed by atoms with E-state index >= 15 is 0 Å². The fourth-order valence-corrected chi connectivity index (χ4v) is 3.28. The molecule has 122 valence electrons. The van der Waals surface area contributed by atoms with Crippen molar-refractivity contribution in [3.05, 3.63) is 41.0 Å². The van der Waals surface area contributed by atoms with E-state index in [0.717, 1.165) is 43.7 Å². The van der Waals surface area contributed by atoms with Crippen LogP contribution in [-0.2, 0) is 0 Å². The molecule has 0 aliphatic carbocycles. The second-order valence-corrected chi connectivity index (χ2v) is 5.63. The first-order valence-corrected chi connectivity index (χ1v) is 7.67. The molecule has 0 spiro atoms. The zero-order chi connectivity index (χ0) is 13.9. The Balaban J connectivity index is 0.00000121. The Morgan fingerprint density at radius 2 is 1.91 bits per heavy atom. The maximum atomic E-state index is 6.44. The van der Waals surface area contributed by atoms with Gasteiger partial charge in [-0.2, -0.15) is 0 Å². The minimum Gasteiger partial charge on any atom is -0.314 e. The quantitative estimate of drug-likeness (QED) is 0.834. The van der Waals surface area contributed by atoms with Crippen LogP contribution in [0, 0.1) is 0 Å². The van der Waals surface area contributed by atoms with E-state index in [9.17, 15) is 0 Å². The van der Waals surface area contributed by atoms with Gasteiger partial charge in [-0.3, -0.25) is 4.90 Å². The number of para-hydroxylation sites is 1. The Bertz CT molecular complexity index is 600. The topological polar surface area (TPSA) is 28.2 Å². The number of benzene rings is 1. The predicted molar refractivity (Wildman–Crippen MR) is 98.7 cm³/mol. The molecule has 22 heavy (non-hydrogen) atoms. The fourth-order valence-electron chi connectivity index (χ4n) is 3.01. The molecule has 0 saturated carbocycles. The van der Waals surface area contributed by atoms with Crippen LogP contribution in [0.1, 0.15) is 24.9 Å². The van der Waals surface area contributed by atoms with E-state index < -0.39 is 0 Å². The van der Waals surface area contributed by atoms with Crippen LogP contribution in [0.4, 0.5) is 0 Å². The maximum Gasteiger partial charge on any atom is 0.134 e. The van der Waals surface area contributed by atoms with Gasteiger partial charge in [-0.25, -0.2) is 4.98 Å². The molecular weight excluding hydrogens is 341 g/mol. The standard InChI is InChI=1S/C16H20ClN3.2ClH/c1-2-15(20-9-7-18-8-10-20)13-11-12-5-3-4-6-14(12)19-16(13)17;;/h3-6,11,15,18H,2,7-10H2,1H3;2*1H/t15-;;/m0../s1. The molecule has 1 fully saturated rings. The van der Waals surface area contributed by atoms with E-state index in [2.05, 4.69) is 34.3 Å². The molecule has 3 rings (SSSR count). The van der Waals surface area contributed by atoms with E-state index in [1.165, 1.54) is 5.39 Å². The van der Waals surface area contributed by atoms with Crippen molar-refractivity contribution in [1.82, 2.24) is 15.2 Å². The predicted octanol–water partition coefficient (Wildman–Crippen LogP) is 4.09. The van der Waals surface area contributed by atoms with Crippen LogP contribution in [0.2, 0.25) is 5.15 Å². The summed E-state index contributed by atoms with van der Waals surface area (Å²) in [6, 6.07) is 10.7. The van der Waals surface area contributed by atoms with Gasteiger partial charge in [-0.15, -0.1) is 24.8 Å². The monoisotopic (exact) mass is 361 g/mol. The van der Waals surface area contributed by atoms with Crippen molar-refractivity contribution in [3.63, 3.8) is 0 Å². The van der Waals surface area contributed by atoms with Crippen LogP contribution < -0.4 is 5.32 Å². The van der Waals surface area contributed by atoms with Crippen molar-refractivity contribution in [3.8, 4) is 0 Å². The lowest BCUT2D eigenvalue weighted by Gasteiger charge is -2.35. The molecule has 0 amide bonds. The molecule has 1 aliphatic heterocycles. The summed E-state index contributed by atoms with van der Waals surface area (Å²) in [6.45, 7) is 6.46. The number of piperazine rings is 1. The van der Waals surface area contributed by atoms with Crippen molar-refractivity contribution >= 4 is 47.3 Å². The van der Waals surface area contributed by atoms with Crippen molar-refractivity contribution in [2.45, 2.75) is 19.4 Å². The van der Waals surface area contributed by atoms with Crippen molar-refractivity contribution in [1.29, 1.82) is 0 Å². The summed E-state index contributed by atoms with van der Waals surface area (Å²) < 4.78 is 0. The lowest BCUT2D eigenvalue weighted by molar-refractivity contribution is 0.169. The van der Waals surface area contributed by atoms with Gasteiger partial charge in [0.05, 0.1) is 5.52 Å². The van der Waals surface area contributed by atoms with Gasteiger partial charge in [0.2, 0.25) is 0 Å². The number of hydrogen-bond donors (Lipinski definition) is 1. The number of halogens is 3. The summed E-state index contributed by atoms with van der Waals surface area (Å²) in [6.07, 6.45) is 1.06. The number of hydrogen-bond acceptors (Lipinski definition) is 3. The maximum absolute atomic E-state index is 6.44. The molecule has 1 aromatic carbocycles. The largest absolute Gasteiger partial charge is 0.314 e. The van der Waals surface area contributed by atoms with Gasteiger partial charge < -0.3 is 5.32 Å². The van der Waals surface area contributed by atoms with E-state index in [-0.39, 0.29) is 24.8 Å². The highest BCUT2D eigenvalue weighted by Crippen LogP contribution is 2.31. The highest BCUT2D eigenvalue weighted by Gasteiger charge is 2.23. The number of rotatable bonds is 3. The Morgan fingerprint density at radius 3 is 2.59 bits per heavy atom. The average Bonchev–Trinajstić information content (AvgIpc) is 2.49. The smallest absolute Gasteiger partial charge is 0.134 e. The van der Waals surface area contributed by atoms with E-state index in [0.29, 0.717) is 11.2 Å². The fraction of sp³-hybridized carbons (Fsp3) is 0.438. The minimum absolute atomic E-state index is 0. The Labute approximate surface area is 149 Å². The molecule has 1 atom stereocenters. The average molecular weight is 363 g/mol. The third-order valence-corrected chi connectivity index (χ3v) is 4.35. The second-order valence-electron chi connectivity index (χ2n) is 5.27. The number of nitrogens with zero attached hydrogens (tertiary/aromatic N) is 2. The number of nitrogens with one attached hydrogen (secondary N) is 1. The first-order valence-electron chi connectivity index (χ1n) is 7.29. The van der Waals surface area contributed by atoms with Gasteiger partial charge in [-0.05, 0) is 18.6 Å². The molecule has 1 aliphatic rings. The number of pyridine rings is 1. The molecule has 1 saturated heterocycles. The highest BCUT2D eigenvalue weighted by atomic mass is 35.5. The molecule has 2 aromatic rings. The van der Waals surface area contributed by atoms with Crippen LogP contribution in [-0.4, -0.2) is 36.1 Å². The molecule has 3 nitrogen and oxygen atoms in total. The SMILES string of the molecule is CC[C@@H](c1cc2ccccc2nc1Cl)N1CCNCC1.Cl.Cl. The summed E-state index contributed by atoms with van der Waals surface area (Å²) >= 11 is 6.44. The molecular formula is C16H22Cl3N3. The van der Waals surface area contributed by atoms with E-state index in [1.807, 2.05) is 18.2 Å². The molecule has 0 unspecified atom stereocenters. The van der Waals surface area contributed by atoms with Crippen LogP contribution >= 0.6 is 36.4 Å². The van der Waals surface area contributed by atoms with Gasteiger partial charge in [-0.1, -0.05) is 36.7 Å². The zero-order valence-electron chi connectivity index (χ0n) is 12.6. The van der Waals surface area contributed by atoms with Crippen LogP contribution in [0.3, 0.4) is 0 Å². The summed E-state index contributed by atoms with van der Waals surface area (Å²) in [7, 11) is 0. The highest BCUT2D eigenvalue weighted by molar-refractivity contribution is 6.30. The number of aromatic nitrogens is 1. The molecule has 6 heteroatoms. The normalized spacial score (nSPS) is 16.6. The summed E-state index contributed by atoms with van der Waals surface area (Å²) in [4.78, 5) is 7.07. The van der Waals surface area contributed by atoms with Crippen molar-refractivity contribution in [2.75, 3.05) is 26.2 Å². The zero-order valence-corrected chi connectivity index (χ0v) is 15.0. The van der Waals surface area contributed by atoms with Gasteiger partial charge in [0.1, 0.15) is 5.15 Å². The van der Waals surface area contributed by atoms with Crippen LogP contribution in [0.25, 0.3) is 10.9 Å². The number of fused-ring (bicyclic) bond motifs is 1. The van der Waals surface area contributed by atoms with Gasteiger partial charge >= 0.3 is 0 Å². The van der Waals surface area contributed by atoms with Crippen molar-refractivity contribution < 1.29 is 0 Å². The van der Waals surface area contributed by atoms with Gasteiger partial charge in [0, 0.05) is 43.2 Å². The molecule has 1 aromatic heterocycles. The third-order valence-electron chi connectivity index (χ3n) is 4.04. The Kier molecular flexibility index (Phi) is 7.87. The van der Waals surface area contributed by atoms with E-state index in [1.54, 1.807) is 0 Å². The van der Waals surface area contributed by atoms with Gasteiger partial charge in [0.25, 0.3) is 0 Å². The lowest BCUT2D eigenvalue weighted by atomic mass is 10.0. The molecule has 1 N–H and O–H groups in total. The second kappa shape index (κ2) is 8.90. The summed E-state index contributed by atoms with van der Waals surface area (Å²) in [5, 5.41) is 5.21. The lowest BCUT2D eigenvalue weighted by Crippen LogP contribution is -2.45. The first-order chi connectivity index (χ1) is 9.79. The minimum atomic E-state index is 0. The third kappa shape index (κ3) is 4.03. The van der Waals surface area contributed by atoms with Crippen LogP contribution in [0.15, 0.2) is 30.3 Å². The molecule has 2 heterocycles. The molecule has 0 bridgehead atoms. The summed E-state index contributed by atoms with van der Waals surface area (Å²) in [5.41, 5.74) is 2.13. The van der Waals surface area contributed by atoms with Gasteiger partial charge in [0.15, 0.2) is 0 Å². The summed E-state index contributed by atoms with van der Waals surface area (Å²) in [5.74, 6) is 0.